The molecule has 0 bridgehead atoms. The van der Waals surface area contributed by atoms with Crippen LogP contribution in [0.3, 0.4) is 0 Å². The van der Waals surface area contributed by atoms with Crippen molar-refractivity contribution in [3.05, 3.63) is 68.3 Å². The van der Waals surface area contributed by atoms with E-state index in [0.717, 1.165) is 16.6 Å². The molecule has 2 aromatic carbocycles. The van der Waals surface area contributed by atoms with Crippen LogP contribution in [0.1, 0.15) is 12.5 Å². The smallest absolute Gasteiger partial charge is 0.274 e. The van der Waals surface area contributed by atoms with E-state index in [2.05, 4.69) is 5.32 Å². The Bertz CT molecular complexity index is 1080. The second-order valence-electron chi connectivity index (χ2n) is 6.21. The summed E-state index contributed by atoms with van der Waals surface area (Å²) in [5, 5.41) is 24.5. The third-order valence-electron chi connectivity index (χ3n) is 4.14. The van der Waals surface area contributed by atoms with Crippen molar-refractivity contribution in [2.45, 2.75) is 19.9 Å². The van der Waals surface area contributed by atoms with Gasteiger partial charge in [-0.1, -0.05) is 12.1 Å². The third kappa shape index (κ3) is 4.85. The molecule has 1 atom stereocenters. The molecule has 0 aliphatic carbocycles. The molecule has 0 saturated carbocycles. The third-order valence-corrected chi connectivity index (χ3v) is 5.38. The van der Waals surface area contributed by atoms with Crippen LogP contribution in [0.15, 0.2) is 42.5 Å². The number of nitrogens with one attached hydrogen (secondary N) is 1. The lowest BCUT2D eigenvalue weighted by Crippen LogP contribution is -2.45. The number of anilines is 2. The maximum atomic E-state index is 12.7. The van der Waals surface area contributed by atoms with Crippen LogP contribution in [0, 0.1) is 27.2 Å². The van der Waals surface area contributed by atoms with Crippen LogP contribution in [0.25, 0.3) is 0 Å². The molecule has 2 rings (SSSR count). The molecule has 0 aromatic heterocycles. The van der Waals surface area contributed by atoms with Crippen molar-refractivity contribution in [3.63, 3.8) is 0 Å². The number of hydrogen-bond donors (Lipinski definition) is 1. The number of non-ortho nitro benzene ring substituents is 1. The van der Waals surface area contributed by atoms with Crippen molar-refractivity contribution < 1.29 is 23.1 Å². The summed E-state index contributed by atoms with van der Waals surface area (Å²) in [5.74, 6) is -0.759. The van der Waals surface area contributed by atoms with Gasteiger partial charge >= 0.3 is 0 Å². The second kappa shape index (κ2) is 8.22. The second-order valence-corrected chi connectivity index (χ2v) is 8.07. The number of carbonyl (C=O) groups is 1. The number of carbonyl (C=O) groups excluding carboxylic acids is 1. The Balaban J connectivity index is 2.41. The first-order valence-corrected chi connectivity index (χ1v) is 10.1. The van der Waals surface area contributed by atoms with Gasteiger partial charge in [-0.15, -0.1) is 0 Å². The first kappa shape index (κ1) is 21.8. The number of amides is 1. The summed E-state index contributed by atoms with van der Waals surface area (Å²) < 4.78 is 25.4. The summed E-state index contributed by atoms with van der Waals surface area (Å²) in [6.45, 7) is 2.76. The molecule has 0 unspecified atom stereocenters. The molecule has 2 aromatic rings. The fourth-order valence-electron chi connectivity index (χ4n) is 2.75. The number of nitro benzene ring substituents is 2. The monoisotopic (exact) mass is 422 g/mol. The van der Waals surface area contributed by atoms with Crippen LogP contribution in [0.4, 0.5) is 22.7 Å². The minimum atomic E-state index is -3.99. The summed E-state index contributed by atoms with van der Waals surface area (Å²) >= 11 is 0. The quantitative estimate of drug-likeness (QED) is 0.531. The standard InChI is InChI=1S/C17H18N4O7S/c1-11-15(8-5-9-16(11)21(25)26)18-17(22)12(2)19(29(3,27)28)13-6-4-7-14(10-13)20(23)24/h4-10,12H,1-3H3,(H,18,22)/t12-/m1/s1. The summed E-state index contributed by atoms with van der Waals surface area (Å²) in [6, 6.07) is 7.71. The Kier molecular flexibility index (Phi) is 6.17. The highest BCUT2D eigenvalue weighted by Gasteiger charge is 2.30. The zero-order valence-corrected chi connectivity index (χ0v) is 16.5. The SMILES string of the molecule is Cc1c(NC(=O)[C@@H](C)N(c2cccc([N+](=O)[O-])c2)S(C)(=O)=O)cccc1[N+](=O)[O-]. The van der Waals surface area contributed by atoms with Crippen LogP contribution >= 0.6 is 0 Å². The average molecular weight is 422 g/mol. The molecule has 0 aliphatic heterocycles. The van der Waals surface area contributed by atoms with E-state index in [-0.39, 0.29) is 28.3 Å². The van der Waals surface area contributed by atoms with Crippen LogP contribution in [0.2, 0.25) is 0 Å². The van der Waals surface area contributed by atoms with E-state index in [1.54, 1.807) is 0 Å². The van der Waals surface area contributed by atoms with Gasteiger partial charge < -0.3 is 5.32 Å². The van der Waals surface area contributed by atoms with Crippen molar-refractivity contribution in [3.8, 4) is 0 Å². The molecule has 0 aliphatic rings. The van der Waals surface area contributed by atoms with E-state index in [1.165, 1.54) is 50.2 Å². The summed E-state index contributed by atoms with van der Waals surface area (Å²) in [7, 11) is -3.99. The summed E-state index contributed by atoms with van der Waals surface area (Å²) in [5.41, 5.74) is -0.227. The van der Waals surface area contributed by atoms with Gasteiger partial charge in [0.25, 0.3) is 11.4 Å². The number of rotatable bonds is 7. The van der Waals surface area contributed by atoms with Crippen LogP contribution in [0.5, 0.6) is 0 Å². The number of benzene rings is 2. The Morgan fingerprint density at radius 3 is 2.28 bits per heavy atom. The predicted octanol–water partition coefficient (Wildman–Crippen LogP) is 2.60. The zero-order valence-electron chi connectivity index (χ0n) is 15.7. The Morgan fingerprint density at radius 1 is 1.10 bits per heavy atom. The fraction of sp³-hybridized carbons (Fsp3) is 0.235. The normalized spacial score (nSPS) is 12.1. The first-order valence-electron chi connectivity index (χ1n) is 8.22. The fourth-order valence-corrected chi connectivity index (χ4v) is 3.91. The minimum Gasteiger partial charge on any atom is -0.324 e. The van der Waals surface area contributed by atoms with Gasteiger partial charge in [-0.2, -0.15) is 0 Å². The van der Waals surface area contributed by atoms with Crippen molar-refractivity contribution >= 4 is 38.7 Å². The molecular weight excluding hydrogens is 404 g/mol. The molecule has 0 spiro atoms. The van der Waals surface area contributed by atoms with E-state index in [4.69, 9.17) is 0 Å². The van der Waals surface area contributed by atoms with E-state index in [0.29, 0.717) is 0 Å². The van der Waals surface area contributed by atoms with Gasteiger partial charge in [0.15, 0.2) is 0 Å². The highest BCUT2D eigenvalue weighted by atomic mass is 32.2. The van der Waals surface area contributed by atoms with Crippen molar-refractivity contribution in [2.24, 2.45) is 0 Å². The van der Waals surface area contributed by atoms with E-state index >= 15 is 0 Å². The number of hydrogen-bond acceptors (Lipinski definition) is 7. The van der Waals surface area contributed by atoms with Gasteiger partial charge in [0.05, 0.1) is 33.0 Å². The van der Waals surface area contributed by atoms with E-state index in [9.17, 15) is 33.4 Å². The molecule has 1 N–H and O–H groups in total. The lowest BCUT2D eigenvalue weighted by molar-refractivity contribution is -0.385. The average Bonchev–Trinajstić information content (AvgIpc) is 2.62. The highest BCUT2D eigenvalue weighted by molar-refractivity contribution is 7.92. The molecule has 11 nitrogen and oxygen atoms in total. The lowest BCUT2D eigenvalue weighted by Gasteiger charge is -2.28. The van der Waals surface area contributed by atoms with E-state index in [1.807, 2.05) is 0 Å². The molecule has 0 radical (unpaired) electrons. The van der Waals surface area contributed by atoms with E-state index < -0.39 is 31.8 Å². The molecule has 29 heavy (non-hydrogen) atoms. The molecule has 1 amide bonds. The first-order chi connectivity index (χ1) is 13.4. The van der Waals surface area contributed by atoms with Crippen LogP contribution in [-0.4, -0.2) is 36.5 Å². The Hall–Kier alpha value is -3.54. The predicted molar refractivity (Wildman–Crippen MR) is 106 cm³/mol. The topological polar surface area (TPSA) is 153 Å². The number of sulfonamides is 1. The maximum absolute atomic E-state index is 12.7. The molecular formula is C17H18N4O7S. The van der Waals surface area contributed by atoms with Gasteiger partial charge in [0, 0.05) is 18.2 Å². The van der Waals surface area contributed by atoms with Gasteiger partial charge in [-0.3, -0.25) is 29.3 Å². The van der Waals surface area contributed by atoms with Crippen LogP contribution < -0.4 is 9.62 Å². The zero-order chi connectivity index (χ0) is 21.9. The molecule has 0 heterocycles. The van der Waals surface area contributed by atoms with Crippen molar-refractivity contribution in [1.82, 2.24) is 0 Å². The Morgan fingerprint density at radius 2 is 1.72 bits per heavy atom. The summed E-state index contributed by atoms with van der Waals surface area (Å²) in [4.78, 5) is 33.5. The van der Waals surface area contributed by atoms with Gasteiger partial charge in [0.1, 0.15) is 6.04 Å². The van der Waals surface area contributed by atoms with Crippen molar-refractivity contribution in [2.75, 3.05) is 15.9 Å². The number of nitrogens with zero attached hydrogens (tertiary/aromatic N) is 3. The van der Waals surface area contributed by atoms with Gasteiger partial charge in [-0.05, 0) is 26.0 Å². The lowest BCUT2D eigenvalue weighted by atomic mass is 10.1. The molecule has 154 valence electrons. The molecule has 0 fully saturated rings. The highest BCUT2D eigenvalue weighted by Crippen LogP contribution is 2.28. The largest absolute Gasteiger partial charge is 0.324 e. The Labute approximate surface area is 166 Å². The van der Waals surface area contributed by atoms with Gasteiger partial charge in [0.2, 0.25) is 15.9 Å². The van der Waals surface area contributed by atoms with Crippen LogP contribution in [-0.2, 0) is 14.8 Å². The molecule has 0 saturated heterocycles. The number of nitro groups is 2. The van der Waals surface area contributed by atoms with Gasteiger partial charge in [-0.25, -0.2) is 8.42 Å². The van der Waals surface area contributed by atoms with Crippen molar-refractivity contribution in [1.29, 1.82) is 0 Å². The minimum absolute atomic E-state index is 0.0554. The summed E-state index contributed by atoms with van der Waals surface area (Å²) in [6.07, 6.45) is 0.869. The maximum Gasteiger partial charge on any atom is 0.274 e. The molecule has 12 heteroatoms.